The smallest absolute Gasteiger partial charge is 0.0198 e. The maximum Gasteiger partial charge on any atom is 0.0198 e. The van der Waals surface area contributed by atoms with Gasteiger partial charge in [0.05, 0.1) is 0 Å². The van der Waals surface area contributed by atoms with Gasteiger partial charge in [0.25, 0.3) is 0 Å². The van der Waals surface area contributed by atoms with Gasteiger partial charge < -0.3 is 5.32 Å². The molecule has 2 fully saturated rings. The van der Waals surface area contributed by atoms with E-state index in [1.807, 2.05) is 0 Å². The van der Waals surface area contributed by atoms with Crippen LogP contribution in [0, 0.1) is 17.8 Å². The summed E-state index contributed by atoms with van der Waals surface area (Å²) in [5.74, 6) is 2.75. The van der Waals surface area contributed by atoms with Crippen LogP contribution in [-0.4, -0.2) is 36.6 Å². The predicted octanol–water partition coefficient (Wildman–Crippen LogP) is 3.52. The number of nitrogens with one attached hydrogen (secondary N) is 1. The van der Waals surface area contributed by atoms with Crippen molar-refractivity contribution in [2.45, 2.75) is 71.9 Å². The van der Waals surface area contributed by atoms with E-state index in [2.05, 4.69) is 37.9 Å². The van der Waals surface area contributed by atoms with Crippen LogP contribution in [0.3, 0.4) is 0 Å². The molecule has 2 heteroatoms. The third kappa shape index (κ3) is 4.75. The summed E-state index contributed by atoms with van der Waals surface area (Å²) in [6.07, 6.45) is 7.17. The van der Waals surface area contributed by atoms with Crippen LogP contribution in [0.15, 0.2) is 0 Å². The fraction of sp³-hybridized carbons (Fsp3) is 1.00. The van der Waals surface area contributed by atoms with Gasteiger partial charge in [0.15, 0.2) is 0 Å². The molecule has 2 nitrogen and oxygen atoms in total. The minimum absolute atomic E-state index is 0.721. The van der Waals surface area contributed by atoms with Gasteiger partial charge in [-0.3, -0.25) is 4.90 Å². The summed E-state index contributed by atoms with van der Waals surface area (Å²) < 4.78 is 0. The van der Waals surface area contributed by atoms with E-state index in [1.165, 1.54) is 51.7 Å². The Labute approximate surface area is 120 Å². The van der Waals surface area contributed by atoms with E-state index in [0.29, 0.717) is 0 Å². The number of piperazine rings is 1. The lowest BCUT2D eigenvalue weighted by Gasteiger charge is -2.42. The van der Waals surface area contributed by atoms with E-state index < -0.39 is 0 Å². The Kier molecular flexibility index (Phi) is 5.70. The van der Waals surface area contributed by atoms with Gasteiger partial charge in [0.2, 0.25) is 0 Å². The van der Waals surface area contributed by atoms with Crippen LogP contribution < -0.4 is 5.32 Å². The fourth-order valence-electron chi connectivity index (χ4n) is 3.82. The summed E-state index contributed by atoms with van der Waals surface area (Å²) in [6.45, 7) is 13.3. The van der Waals surface area contributed by atoms with Crippen LogP contribution in [0.4, 0.5) is 0 Å². The standard InChI is InChI=1S/C17H34N2/c1-13(2)9-17-12-19(15(4)10-18-17)11-16-7-5-14(3)6-8-16/h13-18H,5-12H2,1-4H3. The van der Waals surface area contributed by atoms with E-state index in [9.17, 15) is 0 Å². The average molecular weight is 266 g/mol. The summed E-state index contributed by atoms with van der Waals surface area (Å²) in [5, 5.41) is 3.73. The molecule has 2 aliphatic rings. The monoisotopic (exact) mass is 266 g/mol. The zero-order valence-electron chi connectivity index (χ0n) is 13.5. The quantitative estimate of drug-likeness (QED) is 0.837. The van der Waals surface area contributed by atoms with Gasteiger partial charge in [-0.2, -0.15) is 0 Å². The molecule has 1 saturated carbocycles. The predicted molar refractivity (Wildman–Crippen MR) is 83.4 cm³/mol. The molecule has 1 aliphatic heterocycles. The highest BCUT2D eigenvalue weighted by Gasteiger charge is 2.28. The first-order valence-corrected chi connectivity index (χ1v) is 8.52. The van der Waals surface area contributed by atoms with Gasteiger partial charge in [-0.1, -0.05) is 33.6 Å². The Morgan fingerprint density at radius 2 is 1.79 bits per heavy atom. The second-order valence-corrected chi connectivity index (χ2v) is 7.66. The van der Waals surface area contributed by atoms with Gasteiger partial charge in [-0.05, 0) is 43.9 Å². The first-order chi connectivity index (χ1) is 9.04. The Morgan fingerprint density at radius 3 is 2.42 bits per heavy atom. The highest BCUT2D eigenvalue weighted by atomic mass is 15.2. The maximum absolute atomic E-state index is 3.73. The molecule has 1 heterocycles. The van der Waals surface area contributed by atoms with Gasteiger partial charge in [0.1, 0.15) is 0 Å². The second kappa shape index (κ2) is 7.08. The van der Waals surface area contributed by atoms with Gasteiger partial charge in [-0.15, -0.1) is 0 Å². The normalized spacial score (nSPS) is 37.7. The first-order valence-electron chi connectivity index (χ1n) is 8.52. The van der Waals surface area contributed by atoms with E-state index in [4.69, 9.17) is 0 Å². The lowest BCUT2D eigenvalue weighted by molar-refractivity contribution is 0.0977. The molecule has 0 aromatic rings. The van der Waals surface area contributed by atoms with Crippen LogP contribution >= 0.6 is 0 Å². The van der Waals surface area contributed by atoms with E-state index in [-0.39, 0.29) is 0 Å². The number of nitrogens with zero attached hydrogens (tertiary/aromatic N) is 1. The summed E-state index contributed by atoms with van der Waals surface area (Å²) >= 11 is 0. The SMILES string of the molecule is CC(C)CC1CN(CC2CCC(C)CC2)C(C)CN1. The lowest BCUT2D eigenvalue weighted by atomic mass is 9.82. The van der Waals surface area contributed by atoms with Crippen molar-refractivity contribution in [2.75, 3.05) is 19.6 Å². The lowest BCUT2D eigenvalue weighted by Crippen LogP contribution is -2.56. The third-order valence-electron chi connectivity index (χ3n) is 5.16. The molecule has 2 atom stereocenters. The zero-order chi connectivity index (χ0) is 13.8. The molecular formula is C17H34N2. The minimum atomic E-state index is 0.721. The van der Waals surface area contributed by atoms with Crippen molar-refractivity contribution in [1.29, 1.82) is 0 Å². The van der Waals surface area contributed by atoms with Gasteiger partial charge in [-0.25, -0.2) is 0 Å². The molecule has 2 unspecified atom stereocenters. The molecule has 0 bridgehead atoms. The Bertz CT molecular complexity index is 256. The summed E-state index contributed by atoms with van der Waals surface area (Å²) in [4.78, 5) is 2.77. The van der Waals surface area contributed by atoms with Crippen molar-refractivity contribution in [3.8, 4) is 0 Å². The van der Waals surface area contributed by atoms with Crippen molar-refractivity contribution < 1.29 is 0 Å². The molecule has 0 aromatic carbocycles. The second-order valence-electron chi connectivity index (χ2n) is 7.66. The highest BCUT2D eigenvalue weighted by molar-refractivity contribution is 4.86. The van der Waals surface area contributed by atoms with Gasteiger partial charge in [0, 0.05) is 31.7 Å². The Hall–Kier alpha value is -0.0800. The molecule has 0 radical (unpaired) electrons. The Balaban J connectivity index is 1.80. The Morgan fingerprint density at radius 1 is 1.11 bits per heavy atom. The average Bonchev–Trinajstić information content (AvgIpc) is 2.35. The molecule has 0 amide bonds. The number of rotatable bonds is 4. The van der Waals surface area contributed by atoms with E-state index in [1.54, 1.807) is 0 Å². The minimum Gasteiger partial charge on any atom is -0.311 e. The van der Waals surface area contributed by atoms with Crippen molar-refractivity contribution in [3.63, 3.8) is 0 Å². The topological polar surface area (TPSA) is 15.3 Å². The fourth-order valence-corrected chi connectivity index (χ4v) is 3.82. The van der Waals surface area contributed by atoms with Crippen LogP contribution in [-0.2, 0) is 0 Å². The molecule has 19 heavy (non-hydrogen) atoms. The van der Waals surface area contributed by atoms with Crippen LogP contribution in [0.5, 0.6) is 0 Å². The van der Waals surface area contributed by atoms with Crippen molar-refractivity contribution in [2.24, 2.45) is 17.8 Å². The number of hydrogen-bond acceptors (Lipinski definition) is 2. The van der Waals surface area contributed by atoms with Crippen LogP contribution in [0.1, 0.15) is 59.8 Å². The summed E-state index contributed by atoms with van der Waals surface area (Å²) in [6, 6.07) is 1.45. The summed E-state index contributed by atoms with van der Waals surface area (Å²) in [5.41, 5.74) is 0. The van der Waals surface area contributed by atoms with Crippen molar-refractivity contribution >= 4 is 0 Å². The van der Waals surface area contributed by atoms with E-state index >= 15 is 0 Å². The third-order valence-corrected chi connectivity index (χ3v) is 5.16. The maximum atomic E-state index is 3.73. The molecule has 1 saturated heterocycles. The van der Waals surface area contributed by atoms with E-state index in [0.717, 1.165) is 29.8 Å². The largest absolute Gasteiger partial charge is 0.311 e. The molecule has 1 aliphatic carbocycles. The molecule has 112 valence electrons. The molecule has 1 N–H and O–H groups in total. The zero-order valence-corrected chi connectivity index (χ0v) is 13.5. The highest BCUT2D eigenvalue weighted by Crippen LogP contribution is 2.29. The van der Waals surface area contributed by atoms with Crippen molar-refractivity contribution in [1.82, 2.24) is 10.2 Å². The molecule has 2 rings (SSSR count). The summed E-state index contributed by atoms with van der Waals surface area (Å²) in [7, 11) is 0. The molecule has 0 aromatic heterocycles. The molecular weight excluding hydrogens is 232 g/mol. The van der Waals surface area contributed by atoms with Gasteiger partial charge >= 0.3 is 0 Å². The first kappa shape index (κ1) is 15.3. The molecule has 0 spiro atoms. The van der Waals surface area contributed by atoms with Crippen LogP contribution in [0.2, 0.25) is 0 Å². The van der Waals surface area contributed by atoms with Crippen molar-refractivity contribution in [3.05, 3.63) is 0 Å². The van der Waals surface area contributed by atoms with Crippen LogP contribution in [0.25, 0.3) is 0 Å². The number of hydrogen-bond donors (Lipinski definition) is 1.